The fourth-order valence-corrected chi connectivity index (χ4v) is 3.35. The molecular weight excluding hydrogens is 399 g/mol. The van der Waals surface area contributed by atoms with Gasteiger partial charge in [0.2, 0.25) is 0 Å². The van der Waals surface area contributed by atoms with Crippen LogP contribution in [0.1, 0.15) is 27.8 Å². The van der Waals surface area contributed by atoms with Gasteiger partial charge in [-0.2, -0.15) is 13.2 Å². The molecule has 2 nitrogen and oxygen atoms in total. The molecule has 0 radical (unpaired) electrons. The molecule has 0 unspecified atom stereocenters. The molecular formula is C26H18F3NO. The lowest BCUT2D eigenvalue weighted by Gasteiger charge is -2.06. The van der Waals surface area contributed by atoms with Gasteiger partial charge in [-0.15, -0.1) is 0 Å². The third-order valence-electron chi connectivity index (χ3n) is 5.00. The van der Waals surface area contributed by atoms with Crippen LogP contribution in [0, 0.1) is 11.8 Å². The van der Waals surface area contributed by atoms with E-state index < -0.39 is 11.7 Å². The molecule has 0 fully saturated rings. The van der Waals surface area contributed by atoms with Gasteiger partial charge in [0.05, 0.1) is 5.56 Å². The summed E-state index contributed by atoms with van der Waals surface area (Å²) in [4.78, 5) is 16.1. The summed E-state index contributed by atoms with van der Waals surface area (Å²) < 4.78 is 37.9. The Balaban J connectivity index is 1.55. The predicted octanol–water partition coefficient (Wildman–Crippen LogP) is 5.73. The summed E-state index contributed by atoms with van der Waals surface area (Å²) in [5, 5.41) is 0.565. The minimum Gasteiger partial charge on any atom is -0.361 e. The molecule has 1 aromatic heterocycles. The molecule has 0 saturated heterocycles. The van der Waals surface area contributed by atoms with Gasteiger partial charge in [-0.3, -0.25) is 4.79 Å². The largest absolute Gasteiger partial charge is 0.416 e. The first-order valence-corrected chi connectivity index (χ1v) is 9.73. The van der Waals surface area contributed by atoms with Crippen molar-refractivity contribution in [1.82, 2.24) is 4.98 Å². The van der Waals surface area contributed by atoms with E-state index >= 15 is 0 Å². The molecule has 31 heavy (non-hydrogen) atoms. The van der Waals surface area contributed by atoms with Crippen LogP contribution < -0.4 is 5.43 Å². The van der Waals surface area contributed by atoms with E-state index in [4.69, 9.17) is 0 Å². The van der Waals surface area contributed by atoms with Crippen LogP contribution in [-0.2, 0) is 19.0 Å². The number of pyridine rings is 1. The van der Waals surface area contributed by atoms with Gasteiger partial charge in [0.15, 0.2) is 5.43 Å². The van der Waals surface area contributed by atoms with Crippen molar-refractivity contribution in [1.29, 1.82) is 0 Å². The van der Waals surface area contributed by atoms with Gasteiger partial charge in [-0.05, 0) is 41.5 Å². The van der Waals surface area contributed by atoms with E-state index in [1.54, 1.807) is 12.3 Å². The van der Waals surface area contributed by atoms with Crippen molar-refractivity contribution in [2.75, 3.05) is 0 Å². The number of aromatic amines is 1. The first-order chi connectivity index (χ1) is 14.9. The van der Waals surface area contributed by atoms with Crippen molar-refractivity contribution in [3.63, 3.8) is 0 Å². The van der Waals surface area contributed by atoms with Crippen LogP contribution in [0.4, 0.5) is 13.2 Å². The van der Waals surface area contributed by atoms with Gasteiger partial charge in [-0.1, -0.05) is 54.3 Å². The maximum atomic E-state index is 12.9. The number of rotatable bonds is 3. The third-order valence-corrected chi connectivity index (χ3v) is 5.00. The standard InChI is InChI=1S/C26H18F3NO/c27-26(28,29)22-12-9-18(10-13-22)7-4-8-20-11-14-24-23(16-20)25(31)21(17-30-24)15-19-5-2-1-3-6-19/h1-3,5-6,9-14,16-17H,7,15H2,(H,30,31). The van der Waals surface area contributed by atoms with Crippen LogP contribution in [0.5, 0.6) is 0 Å². The SMILES string of the molecule is O=c1c(Cc2ccccc2)c[nH]c2ccc(C#CCc3ccc(C(F)(F)F)cc3)cc12. The Morgan fingerprint density at radius 2 is 1.61 bits per heavy atom. The number of H-pyrrole nitrogens is 1. The molecule has 4 aromatic rings. The fraction of sp³-hybridized carbons (Fsp3) is 0.115. The van der Waals surface area contributed by atoms with Crippen LogP contribution >= 0.6 is 0 Å². The van der Waals surface area contributed by atoms with E-state index in [0.717, 1.165) is 23.2 Å². The molecule has 4 rings (SSSR count). The summed E-state index contributed by atoms with van der Waals surface area (Å²) in [7, 11) is 0. The van der Waals surface area contributed by atoms with E-state index in [9.17, 15) is 18.0 Å². The molecule has 0 spiro atoms. The molecule has 0 aliphatic carbocycles. The number of hydrogen-bond acceptors (Lipinski definition) is 1. The fourth-order valence-electron chi connectivity index (χ4n) is 3.35. The summed E-state index contributed by atoms with van der Waals surface area (Å²) in [6, 6.07) is 20.1. The zero-order chi connectivity index (χ0) is 21.8. The molecule has 5 heteroatoms. The lowest BCUT2D eigenvalue weighted by atomic mass is 10.0. The van der Waals surface area contributed by atoms with E-state index in [0.29, 0.717) is 34.9 Å². The second-order valence-corrected chi connectivity index (χ2v) is 7.24. The summed E-state index contributed by atoms with van der Waals surface area (Å²) in [5.74, 6) is 5.97. The van der Waals surface area contributed by atoms with Crippen LogP contribution in [0.2, 0.25) is 0 Å². The highest BCUT2D eigenvalue weighted by atomic mass is 19.4. The Labute approximate surface area is 177 Å². The highest BCUT2D eigenvalue weighted by molar-refractivity contribution is 5.80. The summed E-state index contributed by atoms with van der Waals surface area (Å²) in [6.07, 6.45) is -1.74. The Morgan fingerprint density at radius 3 is 2.32 bits per heavy atom. The Morgan fingerprint density at radius 1 is 0.871 bits per heavy atom. The number of nitrogens with one attached hydrogen (secondary N) is 1. The van der Waals surface area contributed by atoms with Crippen molar-refractivity contribution >= 4 is 10.9 Å². The smallest absolute Gasteiger partial charge is 0.361 e. The Bertz CT molecular complexity index is 1330. The zero-order valence-corrected chi connectivity index (χ0v) is 16.5. The molecule has 0 aliphatic rings. The van der Waals surface area contributed by atoms with Crippen LogP contribution in [0.15, 0.2) is 83.8 Å². The molecule has 1 N–H and O–H groups in total. The first-order valence-electron chi connectivity index (χ1n) is 9.73. The maximum absolute atomic E-state index is 12.9. The highest BCUT2D eigenvalue weighted by Crippen LogP contribution is 2.29. The first kappa shape index (κ1) is 20.5. The summed E-state index contributed by atoms with van der Waals surface area (Å²) in [5.41, 5.74) is 3.13. The topological polar surface area (TPSA) is 32.9 Å². The van der Waals surface area contributed by atoms with Crippen LogP contribution in [-0.4, -0.2) is 4.98 Å². The van der Waals surface area contributed by atoms with Gasteiger partial charge in [0.25, 0.3) is 0 Å². The van der Waals surface area contributed by atoms with Crippen molar-refractivity contribution in [2.24, 2.45) is 0 Å². The van der Waals surface area contributed by atoms with Crippen molar-refractivity contribution in [2.45, 2.75) is 19.0 Å². The molecule has 0 amide bonds. The highest BCUT2D eigenvalue weighted by Gasteiger charge is 2.29. The molecule has 0 bridgehead atoms. The monoisotopic (exact) mass is 417 g/mol. The Kier molecular flexibility index (Phi) is 5.64. The van der Waals surface area contributed by atoms with Crippen molar-refractivity contribution in [3.05, 3.63) is 117 Å². The number of benzene rings is 3. The average Bonchev–Trinajstić information content (AvgIpc) is 2.76. The molecule has 0 atom stereocenters. The lowest BCUT2D eigenvalue weighted by molar-refractivity contribution is -0.137. The van der Waals surface area contributed by atoms with Gasteiger partial charge in [0, 0.05) is 41.1 Å². The minimum atomic E-state index is -4.35. The third kappa shape index (κ3) is 4.87. The number of alkyl halides is 3. The van der Waals surface area contributed by atoms with Gasteiger partial charge in [-0.25, -0.2) is 0 Å². The van der Waals surface area contributed by atoms with E-state index in [1.165, 1.54) is 12.1 Å². The number of halogens is 3. The summed E-state index contributed by atoms with van der Waals surface area (Å²) in [6.45, 7) is 0. The van der Waals surface area contributed by atoms with Crippen molar-refractivity contribution < 1.29 is 13.2 Å². The van der Waals surface area contributed by atoms with Crippen LogP contribution in [0.25, 0.3) is 10.9 Å². The second-order valence-electron chi connectivity index (χ2n) is 7.24. The number of hydrogen-bond donors (Lipinski definition) is 1. The number of aromatic nitrogens is 1. The molecule has 154 valence electrons. The van der Waals surface area contributed by atoms with E-state index in [1.807, 2.05) is 42.5 Å². The van der Waals surface area contributed by atoms with Crippen LogP contribution in [0.3, 0.4) is 0 Å². The molecule has 3 aromatic carbocycles. The predicted molar refractivity (Wildman–Crippen MR) is 116 cm³/mol. The number of fused-ring (bicyclic) bond motifs is 1. The van der Waals surface area contributed by atoms with Gasteiger partial charge < -0.3 is 4.98 Å². The molecule has 1 heterocycles. The quantitative estimate of drug-likeness (QED) is 0.424. The van der Waals surface area contributed by atoms with E-state index in [2.05, 4.69) is 16.8 Å². The lowest BCUT2D eigenvalue weighted by Crippen LogP contribution is -2.10. The summed E-state index contributed by atoms with van der Waals surface area (Å²) >= 11 is 0. The zero-order valence-electron chi connectivity index (χ0n) is 16.5. The Hall–Kier alpha value is -3.78. The van der Waals surface area contributed by atoms with Crippen molar-refractivity contribution in [3.8, 4) is 11.8 Å². The van der Waals surface area contributed by atoms with Gasteiger partial charge in [0.1, 0.15) is 0 Å². The van der Waals surface area contributed by atoms with E-state index in [-0.39, 0.29) is 5.43 Å². The van der Waals surface area contributed by atoms with Gasteiger partial charge >= 0.3 is 6.18 Å². The maximum Gasteiger partial charge on any atom is 0.416 e. The average molecular weight is 417 g/mol. The second kappa shape index (κ2) is 8.53. The minimum absolute atomic E-state index is 0.0380. The normalized spacial score (nSPS) is 11.2. The molecule has 0 saturated carbocycles. The molecule has 0 aliphatic heterocycles.